The van der Waals surface area contributed by atoms with E-state index in [0.717, 1.165) is 0 Å². The zero-order valence-corrected chi connectivity index (χ0v) is 15.0. The predicted octanol–water partition coefficient (Wildman–Crippen LogP) is 1.51. The van der Waals surface area contributed by atoms with E-state index in [2.05, 4.69) is 10.0 Å². The number of carbonyl (C=O) groups is 1. The van der Waals surface area contributed by atoms with E-state index in [1.165, 1.54) is 42.5 Å². The van der Waals surface area contributed by atoms with Crippen molar-refractivity contribution in [2.24, 2.45) is 0 Å². The van der Waals surface area contributed by atoms with Crippen LogP contribution in [0.5, 0.6) is 0 Å². The van der Waals surface area contributed by atoms with Gasteiger partial charge in [-0.1, -0.05) is 24.3 Å². The Kier molecular flexibility index (Phi) is 6.97. The summed E-state index contributed by atoms with van der Waals surface area (Å²) < 4.78 is 39.4. The molecule has 2 aromatic carbocycles. The monoisotopic (exact) mass is 395 g/mol. The van der Waals surface area contributed by atoms with Crippen LogP contribution in [-0.4, -0.2) is 32.3 Å². The molecule has 0 saturated carbocycles. The minimum atomic E-state index is -3.65. The fourth-order valence-electron chi connectivity index (χ4n) is 2.29. The lowest BCUT2D eigenvalue weighted by Crippen LogP contribution is -2.35. The molecule has 0 bridgehead atoms. The first-order valence-corrected chi connectivity index (χ1v) is 9.62. The molecule has 10 heteroatoms. The molecule has 2 aromatic rings. The molecular formula is C17H18FN3O5S. The Bertz CT molecular complexity index is 916. The van der Waals surface area contributed by atoms with Crippen molar-refractivity contribution in [3.05, 3.63) is 75.6 Å². The summed E-state index contributed by atoms with van der Waals surface area (Å²) in [5.41, 5.74) is 0.805. The van der Waals surface area contributed by atoms with Gasteiger partial charge in [-0.05, 0) is 23.3 Å². The number of nitro benzene ring substituents is 1. The van der Waals surface area contributed by atoms with Crippen LogP contribution in [0.4, 0.5) is 10.1 Å². The summed E-state index contributed by atoms with van der Waals surface area (Å²) in [6.07, 6.45) is -0.00664. The van der Waals surface area contributed by atoms with Gasteiger partial charge in [-0.2, -0.15) is 0 Å². The van der Waals surface area contributed by atoms with Crippen molar-refractivity contribution in [3.8, 4) is 0 Å². The lowest BCUT2D eigenvalue weighted by atomic mass is 10.1. The topological polar surface area (TPSA) is 118 Å². The van der Waals surface area contributed by atoms with Gasteiger partial charge in [-0.3, -0.25) is 14.9 Å². The van der Waals surface area contributed by atoms with Crippen molar-refractivity contribution in [3.63, 3.8) is 0 Å². The summed E-state index contributed by atoms with van der Waals surface area (Å²) in [5, 5.41) is 13.1. The molecule has 0 atom stereocenters. The third-order valence-electron chi connectivity index (χ3n) is 3.53. The Morgan fingerprint density at radius 2 is 1.78 bits per heavy atom. The third kappa shape index (κ3) is 7.12. The van der Waals surface area contributed by atoms with Crippen molar-refractivity contribution < 1.29 is 22.5 Å². The second-order valence-electron chi connectivity index (χ2n) is 5.73. The van der Waals surface area contributed by atoms with Crippen molar-refractivity contribution in [2.45, 2.75) is 12.2 Å². The molecule has 0 unspecified atom stereocenters. The molecule has 27 heavy (non-hydrogen) atoms. The standard InChI is InChI=1S/C17H18FN3O5S/c18-15-3-1-2-14(10-15)11-17(22)19-8-9-20-27(25,26)12-13-4-6-16(7-5-13)21(23)24/h1-7,10,20H,8-9,11-12H2,(H,19,22). The number of hydrogen-bond donors (Lipinski definition) is 2. The maximum absolute atomic E-state index is 13.1. The Morgan fingerprint density at radius 3 is 2.41 bits per heavy atom. The molecule has 0 aliphatic heterocycles. The first-order valence-electron chi connectivity index (χ1n) is 7.97. The van der Waals surface area contributed by atoms with E-state index in [4.69, 9.17) is 0 Å². The first-order chi connectivity index (χ1) is 12.7. The molecule has 0 heterocycles. The van der Waals surface area contributed by atoms with Gasteiger partial charge in [0.15, 0.2) is 0 Å². The lowest BCUT2D eigenvalue weighted by Gasteiger charge is -2.08. The summed E-state index contributed by atoms with van der Waals surface area (Å²) in [7, 11) is -3.65. The molecule has 1 amide bonds. The van der Waals surface area contributed by atoms with E-state index < -0.39 is 20.8 Å². The molecule has 0 aromatic heterocycles. The maximum Gasteiger partial charge on any atom is 0.269 e. The molecule has 144 valence electrons. The second kappa shape index (κ2) is 9.19. The lowest BCUT2D eigenvalue weighted by molar-refractivity contribution is -0.384. The summed E-state index contributed by atoms with van der Waals surface area (Å²) in [4.78, 5) is 21.8. The van der Waals surface area contributed by atoms with Gasteiger partial charge in [0.25, 0.3) is 5.69 Å². The van der Waals surface area contributed by atoms with E-state index in [1.54, 1.807) is 6.07 Å². The van der Waals surface area contributed by atoms with Crippen LogP contribution in [0.15, 0.2) is 48.5 Å². The smallest absolute Gasteiger partial charge is 0.269 e. The van der Waals surface area contributed by atoms with Crippen LogP contribution in [-0.2, 0) is 27.0 Å². The highest BCUT2D eigenvalue weighted by Crippen LogP contribution is 2.13. The zero-order valence-electron chi connectivity index (χ0n) is 14.2. The van der Waals surface area contributed by atoms with Crippen LogP contribution in [0.2, 0.25) is 0 Å². The average Bonchev–Trinajstić information content (AvgIpc) is 2.59. The molecule has 0 aliphatic carbocycles. The summed E-state index contributed by atoms with van der Waals surface area (Å²) in [6, 6.07) is 10.9. The summed E-state index contributed by atoms with van der Waals surface area (Å²) >= 11 is 0. The van der Waals surface area contributed by atoms with Crippen LogP contribution in [0, 0.1) is 15.9 Å². The number of sulfonamides is 1. The van der Waals surface area contributed by atoms with Crippen LogP contribution in [0.3, 0.4) is 0 Å². The number of nitrogens with one attached hydrogen (secondary N) is 2. The molecule has 0 spiro atoms. The Balaban J connectivity index is 1.75. The quantitative estimate of drug-likeness (QED) is 0.379. The molecular weight excluding hydrogens is 377 g/mol. The third-order valence-corrected chi connectivity index (χ3v) is 4.88. The number of rotatable bonds is 9. The molecule has 2 N–H and O–H groups in total. The van der Waals surface area contributed by atoms with E-state index in [-0.39, 0.29) is 36.9 Å². The van der Waals surface area contributed by atoms with Gasteiger partial charge in [0.2, 0.25) is 15.9 Å². The molecule has 0 aliphatic rings. The average molecular weight is 395 g/mol. The number of halogens is 1. The highest BCUT2D eigenvalue weighted by molar-refractivity contribution is 7.88. The van der Waals surface area contributed by atoms with Gasteiger partial charge in [0.05, 0.1) is 17.1 Å². The fourth-order valence-corrected chi connectivity index (χ4v) is 3.43. The predicted molar refractivity (Wildman–Crippen MR) is 96.8 cm³/mol. The number of benzene rings is 2. The zero-order chi connectivity index (χ0) is 19.9. The molecule has 0 fully saturated rings. The Hall–Kier alpha value is -2.85. The molecule has 2 rings (SSSR count). The van der Waals surface area contributed by atoms with Gasteiger partial charge in [-0.15, -0.1) is 0 Å². The van der Waals surface area contributed by atoms with Crippen LogP contribution in [0.25, 0.3) is 0 Å². The van der Waals surface area contributed by atoms with Crippen molar-refractivity contribution in [1.82, 2.24) is 10.0 Å². The van der Waals surface area contributed by atoms with Gasteiger partial charge >= 0.3 is 0 Å². The Labute approximate surface area is 155 Å². The van der Waals surface area contributed by atoms with Gasteiger partial charge in [0.1, 0.15) is 5.82 Å². The van der Waals surface area contributed by atoms with Crippen molar-refractivity contribution in [2.75, 3.05) is 13.1 Å². The van der Waals surface area contributed by atoms with E-state index in [9.17, 15) is 27.7 Å². The minimum absolute atomic E-state index is 0.00664. The van der Waals surface area contributed by atoms with Gasteiger partial charge in [0, 0.05) is 25.2 Å². The largest absolute Gasteiger partial charge is 0.355 e. The molecule has 0 radical (unpaired) electrons. The second-order valence-corrected chi connectivity index (χ2v) is 7.54. The normalized spacial score (nSPS) is 11.1. The minimum Gasteiger partial charge on any atom is -0.355 e. The van der Waals surface area contributed by atoms with Crippen LogP contribution in [0.1, 0.15) is 11.1 Å². The van der Waals surface area contributed by atoms with Crippen LogP contribution >= 0.6 is 0 Å². The van der Waals surface area contributed by atoms with E-state index in [1.807, 2.05) is 0 Å². The highest BCUT2D eigenvalue weighted by atomic mass is 32.2. The van der Waals surface area contributed by atoms with Crippen molar-refractivity contribution >= 4 is 21.6 Å². The van der Waals surface area contributed by atoms with Crippen molar-refractivity contribution in [1.29, 1.82) is 0 Å². The maximum atomic E-state index is 13.1. The number of nitro groups is 1. The molecule has 0 saturated heterocycles. The molecule has 8 nitrogen and oxygen atoms in total. The summed E-state index contributed by atoms with van der Waals surface area (Å²) in [6.45, 7) is 0.0673. The Morgan fingerprint density at radius 1 is 1.07 bits per heavy atom. The van der Waals surface area contributed by atoms with Gasteiger partial charge < -0.3 is 5.32 Å². The summed E-state index contributed by atoms with van der Waals surface area (Å²) in [5.74, 6) is -1.11. The van der Waals surface area contributed by atoms with E-state index in [0.29, 0.717) is 11.1 Å². The number of non-ortho nitro benzene ring substituents is 1. The number of amides is 1. The number of carbonyl (C=O) groups excluding carboxylic acids is 1. The van der Waals surface area contributed by atoms with Crippen LogP contribution < -0.4 is 10.0 Å². The van der Waals surface area contributed by atoms with Gasteiger partial charge in [-0.25, -0.2) is 17.5 Å². The number of nitrogens with zero attached hydrogens (tertiary/aromatic N) is 1. The van der Waals surface area contributed by atoms with E-state index >= 15 is 0 Å². The SMILES string of the molecule is O=C(Cc1cccc(F)c1)NCCNS(=O)(=O)Cc1ccc([N+](=O)[O-])cc1. The fraction of sp³-hybridized carbons (Fsp3) is 0.235. The highest BCUT2D eigenvalue weighted by Gasteiger charge is 2.13. The first kappa shape index (κ1) is 20.5. The number of hydrogen-bond acceptors (Lipinski definition) is 5.